The average Bonchev–Trinajstić information content (AvgIpc) is 2.27. The summed E-state index contributed by atoms with van der Waals surface area (Å²) in [5.74, 6) is 0.563. The van der Waals surface area contributed by atoms with Crippen molar-refractivity contribution < 1.29 is 9.53 Å². The van der Waals surface area contributed by atoms with Crippen molar-refractivity contribution in [1.82, 2.24) is 5.32 Å². The Kier molecular flexibility index (Phi) is 5.36. The second-order valence-electron chi connectivity index (χ2n) is 5.25. The van der Waals surface area contributed by atoms with Crippen LogP contribution in [0.15, 0.2) is 18.2 Å². The number of ether oxygens (including phenoxy) is 1. The highest BCUT2D eigenvalue weighted by Gasteiger charge is 2.18. The van der Waals surface area contributed by atoms with Crippen molar-refractivity contribution in [3.05, 3.63) is 29.3 Å². The van der Waals surface area contributed by atoms with Gasteiger partial charge in [-0.15, -0.1) is 0 Å². The molecule has 0 saturated carbocycles. The monoisotopic (exact) mass is 264 g/mol. The van der Waals surface area contributed by atoms with Crippen molar-refractivity contribution in [2.75, 3.05) is 0 Å². The first-order chi connectivity index (χ1) is 8.81. The van der Waals surface area contributed by atoms with Gasteiger partial charge in [-0.05, 0) is 46.2 Å². The molecule has 0 aliphatic heterocycles. The Balaban J connectivity index is 2.86. The number of hydrogen-bond acceptors (Lipinski definition) is 3. The van der Waals surface area contributed by atoms with Crippen molar-refractivity contribution in [2.24, 2.45) is 5.73 Å². The van der Waals surface area contributed by atoms with Gasteiger partial charge in [0.15, 0.2) is 6.10 Å². The normalized spacial score (nSPS) is 14.1. The highest BCUT2D eigenvalue weighted by Crippen LogP contribution is 2.26. The fourth-order valence-electron chi connectivity index (χ4n) is 1.77. The van der Waals surface area contributed by atoms with E-state index in [4.69, 9.17) is 10.5 Å². The molecule has 1 rings (SSSR count). The van der Waals surface area contributed by atoms with Crippen molar-refractivity contribution in [3.8, 4) is 5.75 Å². The lowest BCUT2D eigenvalue weighted by Gasteiger charge is -2.20. The standard InChI is InChI=1S/C15H24N2O2/c1-9(2)17-15(18)12(5)19-14-8-10(3)6-7-13(14)11(4)16/h6-9,11-12H,16H2,1-5H3,(H,17,18)/t11-,12?/m1/s1. The number of nitrogens with one attached hydrogen (secondary N) is 1. The molecular formula is C15H24N2O2. The number of aryl methyl sites for hydroxylation is 1. The molecule has 0 saturated heterocycles. The maximum atomic E-state index is 11.9. The molecule has 0 aromatic heterocycles. The van der Waals surface area contributed by atoms with E-state index in [9.17, 15) is 4.79 Å². The lowest BCUT2D eigenvalue weighted by molar-refractivity contribution is -0.127. The lowest BCUT2D eigenvalue weighted by Crippen LogP contribution is -2.40. The fraction of sp³-hybridized carbons (Fsp3) is 0.533. The molecule has 0 bridgehead atoms. The minimum atomic E-state index is -0.540. The average molecular weight is 264 g/mol. The van der Waals surface area contributed by atoms with E-state index in [0.29, 0.717) is 5.75 Å². The first-order valence-electron chi connectivity index (χ1n) is 6.64. The van der Waals surface area contributed by atoms with Crippen LogP contribution in [-0.2, 0) is 4.79 Å². The summed E-state index contributed by atoms with van der Waals surface area (Å²) >= 11 is 0. The molecule has 2 atom stereocenters. The second-order valence-corrected chi connectivity index (χ2v) is 5.25. The summed E-state index contributed by atoms with van der Waals surface area (Å²) in [5, 5.41) is 2.83. The summed E-state index contributed by atoms with van der Waals surface area (Å²) in [7, 11) is 0. The van der Waals surface area contributed by atoms with E-state index in [1.165, 1.54) is 0 Å². The number of hydrogen-bond donors (Lipinski definition) is 2. The van der Waals surface area contributed by atoms with Crippen LogP contribution < -0.4 is 15.8 Å². The first-order valence-corrected chi connectivity index (χ1v) is 6.64. The zero-order valence-electron chi connectivity index (χ0n) is 12.4. The third-order valence-electron chi connectivity index (χ3n) is 2.76. The van der Waals surface area contributed by atoms with Crippen LogP contribution in [0.4, 0.5) is 0 Å². The highest BCUT2D eigenvalue weighted by atomic mass is 16.5. The van der Waals surface area contributed by atoms with E-state index in [1.807, 2.05) is 45.9 Å². The van der Waals surface area contributed by atoms with Gasteiger partial charge in [0, 0.05) is 17.6 Å². The topological polar surface area (TPSA) is 64.3 Å². The summed E-state index contributed by atoms with van der Waals surface area (Å²) < 4.78 is 5.76. The maximum Gasteiger partial charge on any atom is 0.260 e. The van der Waals surface area contributed by atoms with E-state index < -0.39 is 6.10 Å². The SMILES string of the molecule is Cc1ccc([C@@H](C)N)c(OC(C)C(=O)NC(C)C)c1. The minimum absolute atomic E-state index is 0.101. The fourth-order valence-corrected chi connectivity index (χ4v) is 1.77. The molecule has 0 spiro atoms. The number of carbonyl (C=O) groups is 1. The predicted molar refractivity (Wildman–Crippen MR) is 77.2 cm³/mol. The second kappa shape index (κ2) is 6.57. The van der Waals surface area contributed by atoms with Gasteiger partial charge < -0.3 is 15.8 Å². The Labute approximate surface area is 115 Å². The van der Waals surface area contributed by atoms with Gasteiger partial charge in [-0.2, -0.15) is 0 Å². The zero-order chi connectivity index (χ0) is 14.6. The maximum absolute atomic E-state index is 11.9. The molecule has 106 valence electrons. The van der Waals surface area contributed by atoms with E-state index in [0.717, 1.165) is 11.1 Å². The largest absolute Gasteiger partial charge is 0.481 e. The summed E-state index contributed by atoms with van der Waals surface area (Å²) in [6.07, 6.45) is -0.540. The third-order valence-corrected chi connectivity index (χ3v) is 2.76. The third kappa shape index (κ3) is 4.56. The van der Waals surface area contributed by atoms with Gasteiger partial charge in [0.1, 0.15) is 5.75 Å². The van der Waals surface area contributed by atoms with Gasteiger partial charge in [-0.3, -0.25) is 4.79 Å². The molecule has 1 aromatic carbocycles. The van der Waals surface area contributed by atoms with Crippen LogP contribution in [0.25, 0.3) is 0 Å². The van der Waals surface area contributed by atoms with Gasteiger partial charge in [-0.1, -0.05) is 12.1 Å². The van der Waals surface area contributed by atoms with Gasteiger partial charge in [0.2, 0.25) is 0 Å². The van der Waals surface area contributed by atoms with Crippen molar-refractivity contribution in [3.63, 3.8) is 0 Å². The molecule has 0 heterocycles. The van der Waals surface area contributed by atoms with Gasteiger partial charge in [-0.25, -0.2) is 0 Å². The quantitative estimate of drug-likeness (QED) is 0.857. The molecule has 1 unspecified atom stereocenters. The molecule has 1 amide bonds. The van der Waals surface area contributed by atoms with Crippen LogP contribution in [0.3, 0.4) is 0 Å². The summed E-state index contributed by atoms with van der Waals surface area (Å²) in [6, 6.07) is 5.82. The number of rotatable bonds is 5. The smallest absolute Gasteiger partial charge is 0.260 e. The Morgan fingerprint density at radius 2 is 1.89 bits per heavy atom. The van der Waals surface area contributed by atoms with Crippen LogP contribution >= 0.6 is 0 Å². The molecule has 0 aliphatic rings. The van der Waals surface area contributed by atoms with Crippen molar-refractivity contribution in [1.29, 1.82) is 0 Å². The van der Waals surface area contributed by atoms with Gasteiger partial charge in [0.05, 0.1) is 0 Å². The predicted octanol–water partition coefficient (Wildman–Crippen LogP) is 2.31. The molecule has 4 nitrogen and oxygen atoms in total. The summed E-state index contributed by atoms with van der Waals surface area (Å²) in [6.45, 7) is 9.47. The van der Waals surface area contributed by atoms with E-state index in [-0.39, 0.29) is 18.0 Å². The van der Waals surface area contributed by atoms with Crippen molar-refractivity contribution in [2.45, 2.75) is 52.8 Å². The van der Waals surface area contributed by atoms with Crippen LogP contribution in [0.5, 0.6) is 5.75 Å². The minimum Gasteiger partial charge on any atom is -0.481 e. The van der Waals surface area contributed by atoms with Gasteiger partial charge >= 0.3 is 0 Å². The summed E-state index contributed by atoms with van der Waals surface area (Å²) in [4.78, 5) is 11.9. The number of carbonyl (C=O) groups excluding carboxylic acids is 1. The Morgan fingerprint density at radius 1 is 1.26 bits per heavy atom. The molecule has 1 aromatic rings. The van der Waals surface area contributed by atoms with Crippen LogP contribution in [-0.4, -0.2) is 18.1 Å². The Morgan fingerprint density at radius 3 is 2.42 bits per heavy atom. The summed E-state index contributed by atoms with van der Waals surface area (Å²) in [5.41, 5.74) is 7.91. The van der Waals surface area contributed by atoms with Crippen LogP contribution in [0, 0.1) is 6.92 Å². The van der Waals surface area contributed by atoms with Crippen molar-refractivity contribution >= 4 is 5.91 Å². The lowest BCUT2D eigenvalue weighted by atomic mass is 10.1. The zero-order valence-corrected chi connectivity index (χ0v) is 12.4. The first kappa shape index (κ1) is 15.5. The van der Waals surface area contributed by atoms with Crippen LogP contribution in [0.1, 0.15) is 44.9 Å². The molecule has 4 heteroatoms. The van der Waals surface area contributed by atoms with Gasteiger partial charge in [0.25, 0.3) is 5.91 Å². The van der Waals surface area contributed by atoms with Crippen LogP contribution in [0.2, 0.25) is 0 Å². The number of amides is 1. The van der Waals surface area contributed by atoms with E-state index >= 15 is 0 Å². The molecule has 19 heavy (non-hydrogen) atoms. The molecule has 0 fully saturated rings. The highest BCUT2D eigenvalue weighted by molar-refractivity contribution is 5.81. The van der Waals surface area contributed by atoms with E-state index in [2.05, 4.69) is 5.32 Å². The molecule has 0 radical (unpaired) electrons. The van der Waals surface area contributed by atoms with E-state index in [1.54, 1.807) is 6.92 Å². The number of benzene rings is 1. The Bertz CT molecular complexity index is 442. The molecule has 0 aliphatic carbocycles. The molecular weight excluding hydrogens is 240 g/mol. The molecule has 3 N–H and O–H groups in total. The number of nitrogens with two attached hydrogens (primary N) is 1. The Hall–Kier alpha value is -1.55.